The van der Waals surface area contributed by atoms with Crippen LogP contribution in [0.1, 0.15) is 19.8 Å². The fraction of sp³-hybridized carbons (Fsp3) is 0.583. The normalized spacial score (nSPS) is 25.4. The Labute approximate surface area is 90.9 Å². The molecule has 1 aromatic rings. The molecule has 2 heterocycles. The summed E-state index contributed by atoms with van der Waals surface area (Å²) in [6.07, 6.45) is 6.36. The molecule has 0 spiro atoms. The molecule has 1 fully saturated rings. The Morgan fingerprint density at radius 2 is 2.27 bits per heavy atom. The molecular weight excluding hydrogens is 188 g/mol. The number of aromatic nitrogens is 1. The van der Waals surface area contributed by atoms with Crippen molar-refractivity contribution in [3.63, 3.8) is 0 Å². The van der Waals surface area contributed by atoms with Gasteiger partial charge in [-0.2, -0.15) is 0 Å². The molecule has 1 aromatic heterocycles. The molecule has 1 aliphatic rings. The van der Waals surface area contributed by atoms with Crippen molar-refractivity contribution >= 4 is 5.69 Å². The summed E-state index contributed by atoms with van der Waals surface area (Å²) in [5, 5.41) is 3.43. The minimum Gasteiger partial charge on any atom is -0.385 e. The third kappa shape index (κ3) is 2.69. The lowest BCUT2D eigenvalue weighted by molar-refractivity contribution is 0.0900. The van der Waals surface area contributed by atoms with E-state index in [-0.39, 0.29) is 0 Å². The highest BCUT2D eigenvalue weighted by atomic mass is 16.5. The predicted molar refractivity (Wildman–Crippen MR) is 60.9 cm³/mol. The summed E-state index contributed by atoms with van der Waals surface area (Å²) >= 11 is 0. The molecule has 1 N–H and O–H groups in total. The van der Waals surface area contributed by atoms with Crippen LogP contribution in [-0.4, -0.2) is 24.2 Å². The molecule has 3 heteroatoms. The number of pyridine rings is 1. The van der Waals surface area contributed by atoms with E-state index in [1.54, 1.807) is 0 Å². The summed E-state index contributed by atoms with van der Waals surface area (Å²) in [4.78, 5) is 3.99. The molecule has 0 aliphatic carbocycles. The van der Waals surface area contributed by atoms with Gasteiger partial charge in [0.25, 0.3) is 0 Å². The first-order valence-electron chi connectivity index (χ1n) is 5.65. The van der Waals surface area contributed by atoms with Gasteiger partial charge in [0.15, 0.2) is 0 Å². The van der Waals surface area contributed by atoms with Gasteiger partial charge in [-0.25, -0.2) is 0 Å². The zero-order valence-electron chi connectivity index (χ0n) is 9.15. The smallest absolute Gasteiger partial charge is 0.0618 e. The topological polar surface area (TPSA) is 34.1 Å². The van der Waals surface area contributed by atoms with Gasteiger partial charge in [0.1, 0.15) is 0 Å². The Morgan fingerprint density at radius 3 is 3.00 bits per heavy atom. The molecule has 0 radical (unpaired) electrons. The number of nitrogens with one attached hydrogen (secondary N) is 1. The number of anilines is 1. The number of rotatable bonds is 4. The fourth-order valence-electron chi connectivity index (χ4n) is 2.10. The van der Waals surface area contributed by atoms with Crippen molar-refractivity contribution in [1.29, 1.82) is 0 Å². The second-order valence-electron chi connectivity index (χ2n) is 3.98. The molecule has 3 nitrogen and oxygen atoms in total. The molecule has 15 heavy (non-hydrogen) atoms. The molecule has 2 unspecified atom stereocenters. The SMILES string of the molecule is CCC1OCCC1CNc1ccncc1. The summed E-state index contributed by atoms with van der Waals surface area (Å²) in [6, 6.07) is 3.99. The molecule has 0 aromatic carbocycles. The van der Waals surface area contributed by atoms with Crippen LogP contribution in [0, 0.1) is 5.92 Å². The summed E-state index contributed by atoms with van der Waals surface area (Å²) in [7, 11) is 0. The molecule has 0 amide bonds. The highest BCUT2D eigenvalue weighted by molar-refractivity contribution is 5.40. The van der Waals surface area contributed by atoms with E-state index >= 15 is 0 Å². The average Bonchev–Trinajstić information content (AvgIpc) is 2.75. The Morgan fingerprint density at radius 1 is 1.47 bits per heavy atom. The Bertz CT molecular complexity index is 289. The van der Waals surface area contributed by atoms with Gasteiger partial charge in [0, 0.05) is 37.2 Å². The first-order valence-corrected chi connectivity index (χ1v) is 5.65. The molecule has 0 saturated carbocycles. The summed E-state index contributed by atoms with van der Waals surface area (Å²) in [5.41, 5.74) is 1.15. The van der Waals surface area contributed by atoms with Crippen LogP contribution in [0.25, 0.3) is 0 Å². The molecule has 0 bridgehead atoms. The quantitative estimate of drug-likeness (QED) is 0.820. The van der Waals surface area contributed by atoms with Gasteiger partial charge >= 0.3 is 0 Å². The van der Waals surface area contributed by atoms with Crippen molar-refractivity contribution in [2.24, 2.45) is 5.92 Å². The zero-order chi connectivity index (χ0) is 10.5. The van der Waals surface area contributed by atoms with Crippen molar-refractivity contribution in [2.75, 3.05) is 18.5 Å². The second-order valence-corrected chi connectivity index (χ2v) is 3.98. The van der Waals surface area contributed by atoms with Crippen molar-refractivity contribution < 1.29 is 4.74 Å². The van der Waals surface area contributed by atoms with Crippen LogP contribution >= 0.6 is 0 Å². The van der Waals surface area contributed by atoms with E-state index in [9.17, 15) is 0 Å². The molecule has 1 aliphatic heterocycles. The van der Waals surface area contributed by atoms with Crippen LogP contribution in [0.4, 0.5) is 5.69 Å². The van der Waals surface area contributed by atoms with E-state index in [1.807, 2.05) is 24.5 Å². The number of ether oxygens (including phenoxy) is 1. The first-order chi connectivity index (χ1) is 7.40. The standard InChI is InChI=1S/C12H18N2O/c1-2-12-10(5-8-15-12)9-14-11-3-6-13-7-4-11/h3-4,6-7,10,12H,2,5,8-9H2,1H3,(H,13,14). The van der Waals surface area contributed by atoms with Crippen molar-refractivity contribution in [2.45, 2.75) is 25.9 Å². The minimum atomic E-state index is 0.444. The van der Waals surface area contributed by atoms with Gasteiger partial charge in [-0.3, -0.25) is 4.98 Å². The minimum absolute atomic E-state index is 0.444. The Kier molecular flexibility index (Phi) is 3.56. The van der Waals surface area contributed by atoms with Gasteiger partial charge in [0.2, 0.25) is 0 Å². The van der Waals surface area contributed by atoms with Crippen molar-refractivity contribution in [3.8, 4) is 0 Å². The summed E-state index contributed by atoms with van der Waals surface area (Å²) in [5.74, 6) is 0.656. The van der Waals surface area contributed by atoms with E-state index in [0.29, 0.717) is 12.0 Å². The summed E-state index contributed by atoms with van der Waals surface area (Å²) < 4.78 is 5.65. The van der Waals surface area contributed by atoms with Gasteiger partial charge in [-0.15, -0.1) is 0 Å². The molecule has 2 rings (SSSR count). The van der Waals surface area contributed by atoms with Crippen LogP contribution in [-0.2, 0) is 4.74 Å². The molecule has 2 atom stereocenters. The van der Waals surface area contributed by atoms with Gasteiger partial charge in [-0.1, -0.05) is 6.92 Å². The molecule has 82 valence electrons. The van der Waals surface area contributed by atoms with E-state index in [2.05, 4.69) is 17.2 Å². The average molecular weight is 206 g/mol. The monoisotopic (exact) mass is 206 g/mol. The van der Waals surface area contributed by atoms with Crippen LogP contribution in [0.3, 0.4) is 0 Å². The molecule has 1 saturated heterocycles. The Hall–Kier alpha value is -1.09. The largest absolute Gasteiger partial charge is 0.385 e. The van der Waals surface area contributed by atoms with E-state index < -0.39 is 0 Å². The molecular formula is C12H18N2O. The van der Waals surface area contributed by atoms with Gasteiger partial charge in [0.05, 0.1) is 6.10 Å². The van der Waals surface area contributed by atoms with Crippen molar-refractivity contribution in [1.82, 2.24) is 4.98 Å². The highest BCUT2D eigenvalue weighted by Gasteiger charge is 2.26. The Balaban J connectivity index is 1.83. The fourth-order valence-corrected chi connectivity index (χ4v) is 2.10. The van der Waals surface area contributed by atoms with Crippen LogP contribution in [0.15, 0.2) is 24.5 Å². The lowest BCUT2D eigenvalue weighted by Crippen LogP contribution is -2.22. The van der Waals surface area contributed by atoms with Gasteiger partial charge in [-0.05, 0) is 25.0 Å². The van der Waals surface area contributed by atoms with E-state index in [0.717, 1.165) is 25.3 Å². The maximum Gasteiger partial charge on any atom is 0.0618 e. The maximum atomic E-state index is 5.65. The highest BCUT2D eigenvalue weighted by Crippen LogP contribution is 2.23. The van der Waals surface area contributed by atoms with Crippen LogP contribution < -0.4 is 5.32 Å². The van der Waals surface area contributed by atoms with E-state index in [4.69, 9.17) is 4.74 Å². The first kappa shape index (κ1) is 10.4. The van der Waals surface area contributed by atoms with Crippen molar-refractivity contribution in [3.05, 3.63) is 24.5 Å². The third-order valence-corrected chi connectivity index (χ3v) is 3.00. The third-order valence-electron chi connectivity index (χ3n) is 3.00. The van der Waals surface area contributed by atoms with Crippen LogP contribution in [0.2, 0.25) is 0 Å². The number of nitrogens with zero attached hydrogens (tertiary/aromatic N) is 1. The zero-order valence-corrected chi connectivity index (χ0v) is 9.15. The van der Waals surface area contributed by atoms with E-state index in [1.165, 1.54) is 6.42 Å². The number of hydrogen-bond acceptors (Lipinski definition) is 3. The van der Waals surface area contributed by atoms with Gasteiger partial charge < -0.3 is 10.1 Å². The lowest BCUT2D eigenvalue weighted by Gasteiger charge is -2.17. The number of hydrogen-bond donors (Lipinski definition) is 1. The maximum absolute atomic E-state index is 5.65. The van der Waals surface area contributed by atoms with Crippen LogP contribution in [0.5, 0.6) is 0 Å². The second kappa shape index (κ2) is 5.12. The lowest BCUT2D eigenvalue weighted by atomic mass is 10.00. The predicted octanol–water partition coefficient (Wildman–Crippen LogP) is 2.31. The summed E-state index contributed by atoms with van der Waals surface area (Å²) in [6.45, 7) is 4.11.